The van der Waals surface area contributed by atoms with Gasteiger partial charge in [-0.25, -0.2) is 4.90 Å². The minimum Gasteiger partial charge on any atom is -0.495 e. The molecule has 114 valence electrons. The Hall–Kier alpha value is -2.14. The Morgan fingerprint density at radius 2 is 1.59 bits per heavy atom. The van der Waals surface area contributed by atoms with Crippen molar-refractivity contribution in [2.75, 3.05) is 12.0 Å². The first-order valence-electron chi connectivity index (χ1n) is 7.33. The van der Waals surface area contributed by atoms with Crippen molar-refractivity contribution < 1.29 is 19.1 Å². The summed E-state index contributed by atoms with van der Waals surface area (Å²) < 4.78 is 11.3. The van der Waals surface area contributed by atoms with Crippen molar-refractivity contribution in [3.8, 4) is 5.75 Å². The third-order valence-electron chi connectivity index (χ3n) is 5.05. The first kappa shape index (κ1) is 13.5. The predicted molar refractivity (Wildman–Crippen MR) is 79.5 cm³/mol. The molecule has 0 spiro atoms. The maximum atomic E-state index is 12.9. The number of hydrogen-bond donors (Lipinski definition) is 0. The molecule has 2 bridgehead atoms. The van der Waals surface area contributed by atoms with E-state index in [1.807, 2.05) is 32.1 Å². The van der Waals surface area contributed by atoms with Crippen molar-refractivity contribution >= 4 is 17.5 Å². The molecule has 4 rings (SSSR count). The van der Waals surface area contributed by atoms with E-state index in [2.05, 4.69) is 0 Å². The fraction of sp³-hybridized carbons (Fsp3) is 0.412. The minimum atomic E-state index is -0.705. The van der Waals surface area contributed by atoms with Crippen LogP contribution in [0.5, 0.6) is 5.75 Å². The van der Waals surface area contributed by atoms with Gasteiger partial charge in [0.15, 0.2) is 0 Å². The lowest BCUT2D eigenvalue weighted by Gasteiger charge is -2.26. The first-order chi connectivity index (χ1) is 10.4. The molecule has 3 aliphatic heterocycles. The summed E-state index contributed by atoms with van der Waals surface area (Å²) in [7, 11) is 1.53. The van der Waals surface area contributed by atoms with Gasteiger partial charge in [0.05, 0.1) is 35.8 Å². The van der Waals surface area contributed by atoms with Crippen molar-refractivity contribution in [1.29, 1.82) is 0 Å². The SMILES string of the molecule is COc1ccccc1N1C(=O)C2C(C1=O)C1(C)C=CC2(C)O1. The van der Waals surface area contributed by atoms with Crippen molar-refractivity contribution in [3.63, 3.8) is 0 Å². The number of imide groups is 1. The highest BCUT2D eigenvalue weighted by Gasteiger charge is 2.70. The van der Waals surface area contributed by atoms with Gasteiger partial charge in [-0.1, -0.05) is 24.3 Å². The molecule has 0 aromatic heterocycles. The van der Waals surface area contributed by atoms with Crippen molar-refractivity contribution in [3.05, 3.63) is 36.4 Å². The second kappa shape index (κ2) is 3.98. The molecule has 0 radical (unpaired) electrons. The summed E-state index contributed by atoms with van der Waals surface area (Å²) in [4.78, 5) is 27.1. The molecule has 5 heteroatoms. The Kier molecular flexibility index (Phi) is 2.45. The molecule has 5 nitrogen and oxygen atoms in total. The maximum absolute atomic E-state index is 12.9. The number of nitrogens with zero attached hydrogens (tertiary/aromatic N) is 1. The lowest BCUT2D eigenvalue weighted by atomic mass is 9.73. The zero-order chi connectivity index (χ0) is 15.7. The molecule has 4 unspecified atom stereocenters. The predicted octanol–water partition coefficient (Wildman–Crippen LogP) is 1.92. The molecular formula is C17H17NO4. The highest BCUT2D eigenvalue weighted by molar-refractivity contribution is 6.24. The van der Waals surface area contributed by atoms with E-state index in [1.54, 1.807) is 18.2 Å². The number of rotatable bonds is 2. The van der Waals surface area contributed by atoms with Crippen LogP contribution < -0.4 is 9.64 Å². The Labute approximate surface area is 128 Å². The third-order valence-corrected chi connectivity index (χ3v) is 5.05. The number of amides is 2. The van der Waals surface area contributed by atoms with Gasteiger partial charge < -0.3 is 9.47 Å². The number of carbonyl (C=O) groups excluding carboxylic acids is 2. The topological polar surface area (TPSA) is 55.8 Å². The number of ether oxygens (including phenoxy) is 2. The van der Waals surface area contributed by atoms with Crippen LogP contribution in [-0.4, -0.2) is 30.1 Å². The molecule has 2 amide bonds. The second-order valence-electron chi connectivity index (χ2n) is 6.44. The van der Waals surface area contributed by atoms with E-state index in [4.69, 9.17) is 9.47 Å². The largest absolute Gasteiger partial charge is 0.495 e. The molecule has 22 heavy (non-hydrogen) atoms. The van der Waals surface area contributed by atoms with Crippen LogP contribution in [-0.2, 0) is 14.3 Å². The monoisotopic (exact) mass is 299 g/mol. The molecule has 2 fully saturated rings. The zero-order valence-corrected chi connectivity index (χ0v) is 12.7. The van der Waals surface area contributed by atoms with E-state index < -0.39 is 23.0 Å². The Morgan fingerprint density at radius 1 is 1.05 bits per heavy atom. The van der Waals surface area contributed by atoms with Gasteiger partial charge in [-0.15, -0.1) is 0 Å². The van der Waals surface area contributed by atoms with E-state index in [0.717, 1.165) is 0 Å². The number of para-hydroxylation sites is 2. The molecule has 0 N–H and O–H groups in total. The molecule has 4 atom stereocenters. The normalized spacial score (nSPS) is 38.8. The summed E-state index contributed by atoms with van der Waals surface area (Å²) in [5.41, 5.74) is -0.910. The Balaban J connectivity index is 1.83. The van der Waals surface area contributed by atoms with Gasteiger partial charge in [0, 0.05) is 0 Å². The molecule has 2 saturated heterocycles. The van der Waals surface area contributed by atoms with E-state index in [1.165, 1.54) is 12.0 Å². The number of hydrogen-bond acceptors (Lipinski definition) is 4. The van der Waals surface area contributed by atoms with Crippen LogP contribution in [0.15, 0.2) is 36.4 Å². The van der Waals surface area contributed by atoms with Crippen molar-refractivity contribution in [2.45, 2.75) is 25.0 Å². The van der Waals surface area contributed by atoms with E-state index >= 15 is 0 Å². The number of carbonyl (C=O) groups is 2. The fourth-order valence-corrected chi connectivity index (χ4v) is 4.08. The molecular weight excluding hydrogens is 282 g/mol. The number of fused-ring (bicyclic) bond motifs is 5. The molecule has 1 aromatic rings. The summed E-state index contributed by atoms with van der Waals surface area (Å²) in [6.07, 6.45) is 3.82. The smallest absolute Gasteiger partial charge is 0.241 e. The maximum Gasteiger partial charge on any atom is 0.241 e. The van der Waals surface area contributed by atoms with Gasteiger partial charge in [-0.3, -0.25) is 9.59 Å². The highest BCUT2D eigenvalue weighted by Crippen LogP contribution is 2.57. The van der Waals surface area contributed by atoms with Crippen LogP contribution in [0.3, 0.4) is 0 Å². The highest BCUT2D eigenvalue weighted by atomic mass is 16.5. The summed E-state index contributed by atoms with van der Waals surface area (Å²) in [6, 6.07) is 7.08. The van der Waals surface area contributed by atoms with Crippen LogP contribution in [0.25, 0.3) is 0 Å². The summed E-state index contributed by atoms with van der Waals surface area (Å²) >= 11 is 0. The molecule has 1 aromatic carbocycles. The first-order valence-corrected chi connectivity index (χ1v) is 7.33. The molecule has 0 aliphatic carbocycles. The van der Waals surface area contributed by atoms with Crippen LogP contribution in [0.1, 0.15) is 13.8 Å². The van der Waals surface area contributed by atoms with Gasteiger partial charge in [-0.05, 0) is 26.0 Å². The average Bonchev–Trinajstić information content (AvgIpc) is 3.04. The van der Waals surface area contributed by atoms with Gasteiger partial charge >= 0.3 is 0 Å². The second-order valence-corrected chi connectivity index (χ2v) is 6.44. The van der Waals surface area contributed by atoms with E-state index in [9.17, 15) is 9.59 Å². The minimum absolute atomic E-state index is 0.213. The number of benzene rings is 1. The van der Waals surface area contributed by atoms with Crippen molar-refractivity contribution in [1.82, 2.24) is 0 Å². The average molecular weight is 299 g/mol. The molecule has 0 saturated carbocycles. The van der Waals surface area contributed by atoms with E-state index in [0.29, 0.717) is 11.4 Å². The van der Waals surface area contributed by atoms with Gasteiger partial charge in [0.1, 0.15) is 5.75 Å². The third kappa shape index (κ3) is 1.42. The lowest BCUT2D eigenvalue weighted by molar-refractivity contribution is -0.128. The van der Waals surface area contributed by atoms with Gasteiger partial charge in [-0.2, -0.15) is 0 Å². The summed E-state index contributed by atoms with van der Waals surface area (Å²) in [6.45, 7) is 3.74. The number of anilines is 1. The van der Waals surface area contributed by atoms with Crippen LogP contribution >= 0.6 is 0 Å². The lowest BCUT2D eigenvalue weighted by Crippen LogP contribution is -2.39. The summed E-state index contributed by atoms with van der Waals surface area (Å²) in [5, 5.41) is 0. The summed E-state index contributed by atoms with van der Waals surface area (Å²) in [5.74, 6) is -0.856. The van der Waals surface area contributed by atoms with Crippen LogP contribution in [0.4, 0.5) is 5.69 Å². The van der Waals surface area contributed by atoms with Crippen LogP contribution in [0, 0.1) is 11.8 Å². The Morgan fingerprint density at radius 3 is 2.14 bits per heavy atom. The van der Waals surface area contributed by atoms with Crippen molar-refractivity contribution in [2.24, 2.45) is 11.8 Å². The van der Waals surface area contributed by atoms with E-state index in [-0.39, 0.29) is 11.8 Å². The number of methoxy groups -OCH3 is 1. The fourth-order valence-electron chi connectivity index (χ4n) is 4.08. The van der Waals surface area contributed by atoms with Gasteiger partial charge in [0.25, 0.3) is 0 Å². The quantitative estimate of drug-likeness (QED) is 0.618. The molecule has 3 heterocycles. The van der Waals surface area contributed by atoms with Gasteiger partial charge in [0.2, 0.25) is 11.8 Å². The zero-order valence-electron chi connectivity index (χ0n) is 12.7. The standard InChI is InChI=1S/C17H17NO4/c1-16-8-9-17(2,22-16)13-12(16)14(19)18(15(13)20)10-6-4-5-7-11(10)21-3/h4-9,12-13H,1-3H3. The Bertz CT molecular complexity index is 691. The van der Waals surface area contributed by atoms with Crippen LogP contribution in [0.2, 0.25) is 0 Å². The molecule has 3 aliphatic rings.